The van der Waals surface area contributed by atoms with E-state index >= 15 is 0 Å². The second-order valence-electron chi connectivity index (χ2n) is 5.65. The van der Waals surface area contributed by atoms with Gasteiger partial charge in [-0.1, -0.05) is 18.2 Å². The highest BCUT2D eigenvalue weighted by Crippen LogP contribution is 2.24. The van der Waals surface area contributed by atoms with Crippen molar-refractivity contribution in [3.8, 4) is 5.69 Å². The van der Waals surface area contributed by atoms with E-state index in [1.54, 1.807) is 4.68 Å². The van der Waals surface area contributed by atoms with Gasteiger partial charge in [-0.05, 0) is 37.8 Å². The van der Waals surface area contributed by atoms with Crippen LogP contribution in [0, 0.1) is 5.92 Å². The van der Waals surface area contributed by atoms with E-state index < -0.39 is 0 Å². The van der Waals surface area contributed by atoms with Crippen LogP contribution in [0.2, 0.25) is 0 Å². The summed E-state index contributed by atoms with van der Waals surface area (Å²) in [5, 5.41) is 16.6. The van der Waals surface area contributed by atoms with Gasteiger partial charge in [0.2, 0.25) is 5.91 Å². The third kappa shape index (κ3) is 3.33. The molecule has 2 N–H and O–H groups in total. The number of hydrogen-bond acceptors (Lipinski definition) is 4. The van der Waals surface area contributed by atoms with Gasteiger partial charge in [0.1, 0.15) is 6.33 Å². The first kappa shape index (κ1) is 14.7. The van der Waals surface area contributed by atoms with E-state index in [-0.39, 0.29) is 17.9 Å². The molecule has 2 aromatic rings. The SMILES string of the molecule is O=C(NCc1ncnn1-c1ccccc1)C1CCC(O)CC1. The van der Waals surface area contributed by atoms with Gasteiger partial charge in [0.25, 0.3) is 0 Å². The molecule has 1 aliphatic rings. The van der Waals surface area contributed by atoms with Crippen LogP contribution in [0.4, 0.5) is 0 Å². The maximum atomic E-state index is 12.2. The van der Waals surface area contributed by atoms with Gasteiger partial charge in [0, 0.05) is 5.92 Å². The van der Waals surface area contributed by atoms with E-state index in [0.717, 1.165) is 18.5 Å². The van der Waals surface area contributed by atoms with Crippen LogP contribution < -0.4 is 5.32 Å². The van der Waals surface area contributed by atoms with E-state index in [9.17, 15) is 9.90 Å². The zero-order chi connectivity index (χ0) is 15.4. The number of nitrogens with zero attached hydrogens (tertiary/aromatic N) is 3. The standard InChI is InChI=1S/C16H20N4O2/c21-14-8-6-12(7-9-14)16(22)17-10-15-18-11-19-20(15)13-4-2-1-3-5-13/h1-5,11-12,14,21H,6-10H2,(H,17,22). The monoisotopic (exact) mass is 300 g/mol. The van der Waals surface area contributed by atoms with Crippen molar-refractivity contribution >= 4 is 5.91 Å². The topological polar surface area (TPSA) is 80.0 Å². The van der Waals surface area contributed by atoms with Crippen LogP contribution in [-0.4, -0.2) is 31.9 Å². The Morgan fingerprint density at radius 1 is 1.23 bits per heavy atom. The molecule has 0 bridgehead atoms. The first-order chi connectivity index (χ1) is 10.7. The molecule has 0 spiro atoms. The predicted octanol–water partition coefficient (Wildman–Crippen LogP) is 1.43. The highest BCUT2D eigenvalue weighted by molar-refractivity contribution is 5.78. The Balaban J connectivity index is 1.61. The Bertz CT molecular complexity index is 618. The van der Waals surface area contributed by atoms with E-state index in [1.807, 2.05) is 30.3 Å². The van der Waals surface area contributed by atoms with Crippen molar-refractivity contribution < 1.29 is 9.90 Å². The molecule has 1 amide bonds. The lowest BCUT2D eigenvalue weighted by molar-refractivity contribution is -0.126. The highest BCUT2D eigenvalue weighted by atomic mass is 16.3. The molecule has 0 aliphatic heterocycles. The van der Waals surface area contributed by atoms with Gasteiger partial charge in [-0.15, -0.1) is 0 Å². The van der Waals surface area contributed by atoms with Crippen LogP contribution in [0.15, 0.2) is 36.7 Å². The van der Waals surface area contributed by atoms with Crippen molar-refractivity contribution in [3.05, 3.63) is 42.5 Å². The first-order valence-electron chi connectivity index (χ1n) is 7.64. The van der Waals surface area contributed by atoms with E-state index in [4.69, 9.17) is 0 Å². The van der Waals surface area contributed by atoms with Crippen LogP contribution >= 0.6 is 0 Å². The molecular formula is C16H20N4O2. The molecular weight excluding hydrogens is 280 g/mol. The summed E-state index contributed by atoms with van der Waals surface area (Å²) in [5.41, 5.74) is 0.921. The van der Waals surface area contributed by atoms with E-state index in [0.29, 0.717) is 25.2 Å². The van der Waals surface area contributed by atoms with Gasteiger partial charge in [0.05, 0.1) is 18.3 Å². The minimum atomic E-state index is -0.245. The number of carbonyl (C=O) groups excluding carboxylic acids is 1. The van der Waals surface area contributed by atoms with Gasteiger partial charge >= 0.3 is 0 Å². The predicted molar refractivity (Wildman–Crippen MR) is 81.2 cm³/mol. The first-order valence-corrected chi connectivity index (χ1v) is 7.64. The summed E-state index contributed by atoms with van der Waals surface area (Å²) in [5.74, 6) is 0.737. The number of amides is 1. The lowest BCUT2D eigenvalue weighted by Crippen LogP contribution is -2.34. The Hall–Kier alpha value is -2.21. The van der Waals surface area contributed by atoms with Gasteiger partial charge in [-0.3, -0.25) is 4.79 Å². The normalized spacial score (nSPS) is 21.5. The number of aliphatic hydroxyl groups is 1. The molecule has 0 saturated heterocycles. The Morgan fingerprint density at radius 2 is 1.95 bits per heavy atom. The molecule has 6 nitrogen and oxygen atoms in total. The number of carbonyl (C=O) groups is 1. The average molecular weight is 300 g/mol. The molecule has 6 heteroatoms. The number of aliphatic hydroxyl groups excluding tert-OH is 1. The van der Waals surface area contributed by atoms with E-state index in [2.05, 4.69) is 15.4 Å². The molecule has 0 unspecified atom stereocenters. The molecule has 1 aliphatic carbocycles. The van der Waals surface area contributed by atoms with Crippen molar-refractivity contribution in [2.75, 3.05) is 0 Å². The molecule has 3 rings (SSSR count). The van der Waals surface area contributed by atoms with Crippen LogP contribution in [0.1, 0.15) is 31.5 Å². The smallest absolute Gasteiger partial charge is 0.223 e. The maximum absolute atomic E-state index is 12.2. The molecule has 1 aromatic carbocycles. The fraction of sp³-hybridized carbons (Fsp3) is 0.438. The summed E-state index contributed by atoms with van der Waals surface area (Å²) < 4.78 is 1.73. The zero-order valence-electron chi connectivity index (χ0n) is 12.4. The number of hydrogen-bond donors (Lipinski definition) is 2. The number of rotatable bonds is 4. The average Bonchev–Trinajstić information content (AvgIpc) is 3.02. The number of para-hydroxylation sites is 1. The largest absolute Gasteiger partial charge is 0.393 e. The summed E-state index contributed by atoms with van der Waals surface area (Å²) in [6.07, 6.45) is 4.16. The highest BCUT2D eigenvalue weighted by Gasteiger charge is 2.25. The van der Waals surface area contributed by atoms with Crippen molar-refractivity contribution in [2.24, 2.45) is 5.92 Å². The number of benzene rings is 1. The van der Waals surface area contributed by atoms with Gasteiger partial charge < -0.3 is 10.4 Å². The van der Waals surface area contributed by atoms with Crippen LogP contribution in [-0.2, 0) is 11.3 Å². The molecule has 0 radical (unpaired) electrons. The molecule has 1 saturated carbocycles. The van der Waals surface area contributed by atoms with Gasteiger partial charge in [-0.25, -0.2) is 9.67 Å². The second kappa shape index (κ2) is 6.70. The summed E-state index contributed by atoms with van der Waals surface area (Å²) in [7, 11) is 0. The lowest BCUT2D eigenvalue weighted by Gasteiger charge is -2.24. The molecule has 1 fully saturated rings. The van der Waals surface area contributed by atoms with Crippen molar-refractivity contribution in [1.82, 2.24) is 20.1 Å². The maximum Gasteiger partial charge on any atom is 0.223 e. The zero-order valence-corrected chi connectivity index (χ0v) is 12.4. The minimum Gasteiger partial charge on any atom is -0.393 e. The molecule has 116 valence electrons. The van der Waals surface area contributed by atoms with Crippen molar-refractivity contribution in [1.29, 1.82) is 0 Å². The summed E-state index contributed by atoms with van der Waals surface area (Å²) in [4.78, 5) is 16.4. The van der Waals surface area contributed by atoms with Crippen LogP contribution in [0.3, 0.4) is 0 Å². The Labute approximate surface area is 129 Å². The quantitative estimate of drug-likeness (QED) is 0.895. The summed E-state index contributed by atoms with van der Waals surface area (Å²) in [6.45, 7) is 0.354. The molecule has 0 atom stereocenters. The van der Waals surface area contributed by atoms with Gasteiger partial charge in [-0.2, -0.15) is 5.10 Å². The third-order valence-electron chi connectivity index (χ3n) is 4.11. The molecule has 1 aromatic heterocycles. The fourth-order valence-electron chi connectivity index (χ4n) is 2.82. The number of aromatic nitrogens is 3. The van der Waals surface area contributed by atoms with Gasteiger partial charge in [0.15, 0.2) is 5.82 Å². The molecule has 22 heavy (non-hydrogen) atoms. The van der Waals surface area contributed by atoms with Crippen LogP contribution in [0.25, 0.3) is 5.69 Å². The Morgan fingerprint density at radius 3 is 2.68 bits per heavy atom. The van der Waals surface area contributed by atoms with E-state index in [1.165, 1.54) is 6.33 Å². The van der Waals surface area contributed by atoms with Crippen LogP contribution in [0.5, 0.6) is 0 Å². The fourth-order valence-corrected chi connectivity index (χ4v) is 2.82. The second-order valence-corrected chi connectivity index (χ2v) is 5.65. The number of nitrogens with one attached hydrogen (secondary N) is 1. The van der Waals surface area contributed by atoms with Crippen molar-refractivity contribution in [3.63, 3.8) is 0 Å². The minimum absolute atomic E-state index is 0.00324. The third-order valence-corrected chi connectivity index (χ3v) is 4.11. The summed E-state index contributed by atoms with van der Waals surface area (Å²) >= 11 is 0. The Kier molecular flexibility index (Phi) is 4.48. The summed E-state index contributed by atoms with van der Waals surface area (Å²) in [6, 6.07) is 9.71. The molecule has 1 heterocycles. The lowest BCUT2D eigenvalue weighted by atomic mass is 9.87. The van der Waals surface area contributed by atoms with Crippen molar-refractivity contribution in [2.45, 2.75) is 38.3 Å².